The minimum Gasteiger partial charge on any atom is -0.380 e. The Labute approximate surface area is 119 Å². The van der Waals surface area contributed by atoms with Gasteiger partial charge in [0.15, 0.2) is 0 Å². The molecule has 0 saturated carbocycles. The number of aromatic nitrogens is 1. The Hall–Kier alpha value is -2.20. The molecule has 1 amide bonds. The van der Waals surface area contributed by atoms with Crippen molar-refractivity contribution >= 4 is 5.91 Å². The number of amides is 1. The monoisotopic (exact) mass is 270 g/mol. The topological polar surface area (TPSA) is 42.4 Å². The van der Waals surface area contributed by atoms with Crippen LogP contribution < -0.4 is 0 Å². The van der Waals surface area contributed by atoms with Crippen LogP contribution in [0, 0.1) is 0 Å². The summed E-state index contributed by atoms with van der Waals surface area (Å²) in [5.41, 5.74) is 2.73. The van der Waals surface area contributed by atoms with Gasteiger partial charge in [-0.05, 0) is 35.4 Å². The molecule has 4 heteroatoms. The zero-order valence-corrected chi connectivity index (χ0v) is 11.7. The van der Waals surface area contributed by atoms with Crippen LogP contribution in [0.5, 0.6) is 0 Å². The summed E-state index contributed by atoms with van der Waals surface area (Å²) in [5.74, 6) is -0.000217. The number of carbonyl (C=O) groups is 1. The number of carbonyl (C=O) groups excluding carboxylic acids is 1. The summed E-state index contributed by atoms with van der Waals surface area (Å²) >= 11 is 0. The van der Waals surface area contributed by atoms with E-state index in [2.05, 4.69) is 4.98 Å². The predicted molar refractivity (Wildman–Crippen MR) is 77.2 cm³/mol. The van der Waals surface area contributed by atoms with Crippen molar-refractivity contribution in [2.75, 3.05) is 14.2 Å². The molecule has 1 aromatic heterocycles. The molecule has 1 aromatic carbocycles. The van der Waals surface area contributed by atoms with Crippen molar-refractivity contribution in [3.8, 4) is 0 Å². The van der Waals surface area contributed by atoms with E-state index in [4.69, 9.17) is 4.74 Å². The van der Waals surface area contributed by atoms with Crippen molar-refractivity contribution < 1.29 is 9.53 Å². The number of methoxy groups -OCH3 is 1. The summed E-state index contributed by atoms with van der Waals surface area (Å²) in [5, 5.41) is 0. The normalized spacial score (nSPS) is 10.3. The van der Waals surface area contributed by atoms with Gasteiger partial charge in [-0.25, -0.2) is 0 Å². The van der Waals surface area contributed by atoms with Crippen LogP contribution in [-0.2, 0) is 17.9 Å². The van der Waals surface area contributed by atoms with Crippen LogP contribution in [-0.4, -0.2) is 29.9 Å². The Morgan fingerprint density at radius 2 is 1.95 bits per heavy atom. The number of ether oxygens (including phenoxy) is 1. The van der Waals surface area contributed by atoms with E-state index >= 15 is 0 Å². The lowest BCUT2D eigenvalue weighted by atomic mass is 10.1. The van der Waals surface area contributed by atoms with Gasteiger partial charge in [-0.2, -0.15) is 0 Å². The van der Waals surface area contributed by atoms with Crippen LogP contribution in [0.15, 0.2) is 48.8 Å². The minimum atomic E-state index is -0.000217. The number of benzene rings is 1. The second-order valence-electron chi connectivity index (χ2n) is 4.65. The van der Waals surface area contributed by atoms with E-state index in [1.54, 1.807) is 31.5 Å². The van der Waals surface area contributed by atoms with E-state index in [1.165, 1.54) is 0 Å². The van der Waals surface area contributed by atoms with Crippen molar-refractivity contribution in [1.29, 1.82) is 0 Å². The highest BCUT2D eigenvalue weighted by Gasteiger charge is 2.12. The van der Waals surface area contributed by atoms with E-state index in [0.29, 0.717) is 18.7 Å². The molecule has 0 saturated heterocycles. The van der Waals surface area contributed by atoms with Gasteiger partial charge in [0.1, 0.15) is 0 Å². The van der Waals surface area contributed by atoms with E-state index in [1.807, 2.05) is 36.4 Å². The SMILES string of the molecule is COCc1cccc(C(=O)N(C)Cc2ccncc2)c1. The number of hydrogen-bond acceptors (Lipinski definition) is 3. The lowest BCUT2D eigenvalue weighted by Gasteiger charge is -2.17. The van der Waals surface area contributed by atoms with Crippen LogP contribution in [0.2, 0.25) is 0 Å². The minimum absolute atomic E-state index is 0.000217. The number of nitrogens with zero attached hydrogens (tertiary/aromatic N) is 2. The molecule has 0 radical (unpaired) electrons. The van der Waals surface area contributed by atoms with Crippen molar-refractivity contribution in [1.82, 2.24) is 9.88 Å². The Balaban J connectivity index is 2.08. The van der Waals surface area contributed by atoms with Gasteiger partial charge in [-0.15, -0.1) is 0 Å². The summed E-state index contributed by atoms with van der Waals surface area (Å²) in [6.07, 6.45) is 3.46. The van der Waals surface area contributed by atoms with E-state index in [0.717, 1.165) is 11.1 Å². The highest BCUT2D eigenvalue weighted by atomic mass is 16.5. The second-order valence-corrected chi connectivity index (χ2v) is 4.65. The van der Waals surface area contributed by atoms with Gasteiger partial charge in [-0.3, -0.25) is 9.78 Å². The van der Waals surface area contributed by atoms with Crippen LogP contribution in [0.3, 0.4) is 0 Å². The maximum atomic E-state index is 12.4. The molecular weight excluding hydrogens is 252 g/mol. The van der Waals surface area contributed by atoms with Crippen molar-refractivity contribution in [2.24, 2.45) is 0 Å². The van der Waals surface area contributed by atoms with Crippen LogP contribution in [0.1, 0.15) is 21.5 Å². The molecule has 0 aliphatic heterocycles. The highest BCUT2D eigenvalue weighted by Crippen LogP contribution is 2.11. The fourth-order valence-corrected chi connectivity index (χ4v) is 2.02. The lowest BCUT2D eigenvalue weighted by Crippen LogP contribution is -2.26. The summed E-state index contributed by atoms with van der Waals surface area (Å²) in [7, 11) is 3.44. The molecule has 0 unspecified atom stereocenters. The largest absolute Gasteiger partial charge is 0.380 e. The first kappa shape index (κ1) is 14.2. The van der Waals surface area contributed by atoms with Crippen LogP contribution in [0.25, 0.3) is 0 Å². The Bertz CT molecular complexity index is 570. The first-order chi connectivity index (χ1) is 9.70. The quantitative estimate of drug-likeness (QED) is 0.838. The molecular formula is C16H18N2O2. The van der Waals surface area contributed by atoms with Crippen LogP contribution in [0.4, 0.5) is 0 Å². The summed E-state index contributed by atoms with van der Waals surface area (Å²) in [6, 6.07) is 11.3. The molecule has 0 aliphatic rings. The maximum absolute atomic E-state index is 12.4. The van der Waals surface area contributed by atoms with Crippen molar-refractivity contribution in [2.45, 2.75) is 13.2 Å². The molecule has 0 aliphatic carbocycles. The first-order valence-electron chi connectivity index (χ1n) is 6.43. The molecule has 4 nitrogen and oxygen atoms in total. The molecule has 2 aromatic rings. The fraction of sp³-hybridized carbons (Fsp3) is 0.250. The lowest BCUT2D eigenvalue weighted by molar-refractivity contribution is 0.0784. The zero-order valence-electron chi connectivity index (χ0n) is 11.7. The average Bonchev–Trinajstić information content (AvgIpc) is 2.48. The van der Waals surface area contributed by atoms with E-state index < -0.39 is 0 Å². The van der Waals surface area contributed by atoms with E-state index in [-0.39, 0.29) is 5.91 Å². The van der Waals surface area contributed by atoms with E-state index in [9.17, 15) is 4.79 Å². The standard InChI is InChI=1S/C16H18N2O2/c1-18(11-13-6-8-17-9-7-13)16(19)15-5-3-4-14(10-15)12-20-2/h3-10H,11-12H2,1-2H3. The van der Waals surface area contributed by atoms with Gasteiger partial charge in [0.25, 0.3) is 5.91 Å². The van der Waals surface area contributed by atoms with Gasteiger partial charge in [0.2, 0.25) is 0 Å². The van der Waals surface area contributed by atoms with Gasteiger partial charge < -0.3 is 9.64 Å². The molecule has 0 spiro atoms. The average molecular weight is 270 g/mol. The predicted octanol–water partition coefficient (Wildman–Crippen LogP) is 2.50. The summed E-state index contributed by atoms with van der Waals surface area (Å²) < 4.78 is 5.09. The number of hydrogen-bond donors (Lipinski definition) is 0. The molecule has 20 heavy (non-hydrogen) atoms. The van der Waals surface area contributed by atoms with Gasteiger partial charge >= 0.3 is 0 Å². The Kier molecular flexibility index (Phi) is 4.85. The summed E-state index contributed by atoms with van der Waals surface area (Å²) in [4.78, 5) is 18.0. The third-order valence-corrected chi connectivity index (χ3v) is 3.00. The zero-order chi connectivity index (χ0) is 14.4. The van der Waals surface area contributed by atoms with Crippen molar-refractivity contribution in [3.05, 3.63) is 65.5 Å². The summed E-state index contributed by atoms with van der Waals surface area (Å²) in [6.45, 7) is 1.07. The maximum Gasteiger partial charge on any atom is 0.253 e. The van der Waals surface area contributed by atoms with Gasteiger partial charge in [0, 0.05) is 38.7 Å². The van der Waals surface area contributed by atoms with Crippen LogP contribution >= 0.6 is 0 Å². The third-order valence-electron chi connectivity index (χ3n) is 3.00. The molecule has 0 atom stereocenters. The Morgan fingerprint density at radius 1 is 1.20 bits per heavy atom. The number of pyridine rings is 1. The molecule has 0 fully saturated rings. The Morgan fingerprint density at radius 3 is 2.65 bits per heavy atom. The number of rotatable bonds is 5. The molecule has 104 valence electrons. The third kappa shape index (κ3) is 3.65. The van der Waals surface area contributed by atoms with Gasteiger partial charge in [0.05, 0.1) is 6.61 Å². The smallest absolute Gasteiger partial charge is 0.253 e. The molecule has 1 heterocycles. The molecule has 2 rings (SSSR count). The molecule has 0 bridgehead atoms. The van der Waals surface area contributed by atoms with Crippen molar-refractivity contribution in [3.63, 3.8) is 0 Å². The second kappa shape index (κ2) is 6.82. The first-order valence-corrected chi connectivity index (χ1v) is 6.43. The van der Waals surface area contributed by atoms with Gasteiger partial charge in [-0.1, -0.05) is 12.1 Å². The fourth-order valence-electron chi connectivity index (χ4n) is 2.02. The highest BCUT2D eigenvalue weighted by molar-refractivity contribution is 5.94. The molecule has 0 N–H and O–H groups in total.